The lowest BCUT2D eigenvalue weighted by molar-refractivity contribution is -0.122. The maximum absolute atomic E-state index is 15.4. The normalized spacial score (nSPS) is 29.5. The first-order valence-corrected chi connectivity index (χ1v) is 12.1. The van der Waals surface area contributed by atoms with Crippen molar-refractivity contribution in [1.82, 2.24) is 15.1 Å². The highest BCUT2D eigenvalue weighted by Crippen LogP contribution is 2.56. The van der Waals surface area contributed by atoms with Gasteiger partial charge in [-0.2, -0.15) is 0 Å². The molecule has 1 fully saturated rings. The van der Waals surface area contributed by atoms with Gasteiger partial charge in [-0.05, 0) is 55.0 Å². The number of amides is 3. The summed E-state index contributed by atoms with van der Waals surface area (Å²) in [7, 11) is 0. The van der Waals surface area contributed by atoms with Crippen LogP contribution in [-0.4, -0.2) is 40.2 Å². The van der Waals surface area contributed by atoms with Crippen molar-refractivity contribution < 1.29 is 14.0 Å². The molecule has 6 nitrogen and oxygen atoms in total. The molecule has 0 spiro atoms. The van der Waals surface area contributed by atoms with E-state index in [4.69, 9.17) is 28.2 Å². The average molecular weight is 511 g/mol. The van der Waals surface area contributed by atoms with Gasteiger partial charge in [0.15, 0.2) is 0 Å². The highest BCUT2D eigenvalue weighted by molar-refractivity contribution is 6.31. The van der Waals surface area contributed by atoms with Gasteiger partial charge in [-0.1, -0.05) is 42.3 Å². The molecule has 4 aliphatic rings. The van der Waals surface area contributed by atoms with Crippen LogP contribution in [0.15, 0.2) is 76.8 Å². The van der Waals surface area contributed by atoms with Crippen molar-refractivity contribution >= 4 is 41.0 Å². The molecule has 0 aromatic heterocycles. The Morgan fingerprint density at radius 3 is 2.34 bits per heavy atom. The van der Waals surface area contributed by atoms with Gasteiger partial charge in [-0.25, -0.2) is 9.18 Å². The van der Waals surface area contributed by atoms with Gasteiger partial charge in [0, 0.05) is 27.2 Å². The van der Waals surface area contributed by atoms with E-state index >= 15 is 4.39 Å². The smallest absolute Gasteiger partial charge is 0.326 e. The Morgan fingerprint density at radius 1 is 1.06 bits per heavy atom. The molecule has 2 aromatic rings. The molecule has 1 N–H and O–H groups in total. The SMILES string of the molecule is CC1C(F)=CC2(C)C3=C1NC(=O)CN3C(=O)N1C(c3ccc(Cl)cc3)=NC(c3ccc(Cl)cc3)C12. The summed E-state index contributed by atoms with van der Waals surface area (Å²) in [5.41, 5.74) is 1.67. The number of carbonyl (C=O) groups excluding carboxylic acids is 2. The molecule has 9 heteroatoms. The predicted molar refractivity (Wildman–Crippen MR) is 132 cm³/mol. The van der Waals surface area contributed by atoms with Crippen LogP contribution >= 0.6 is 23.2 Å². The number of urea groups is 1. The number of benzene rings is 2. The molecule has 178 valence electrons. The first kappa shape index (κ1) is 22.3. The quantitative estimate of drug-likeness (QED) is 0.583. The van der Waals surface area contributed by atoms with Crippen LogP contribution in [0.5, 0.6) is 0 Å². The maximum atomic E-state index is 15.4. The molecule has 1 aliphatic carbocycles. The number of aliphatic imine (C=N–C) groups is 1. The van der Waals surface area contributed by atoms with Crippen LogP contribution in [0.25, 0.3) is 0 Å². The molecule has 1 saturated heterocycles. The minimum atomic E-state index is -0.949. The number of hydrogen-bond acceptors (Lipinski definition) is 3. The minimum absolute atomic E-state index is 0.141. The van der Waals surface area contributed by atoms with Crippen LogP contribution in [0.4, 0.5) is 9.18 Å². The fraction of sp³-hybridized carbons (Fsp3) is 0.269. The largest absolute Gasteiger partial charge is 0.330 e. The number of amidine groups is 1. The second-order valence-corrected chi connectivity index (χ2v) is 10.4. The van der Waals surface area contributed by atoms with Crippen LogP contribution in [0.2, 0.25) is 10.0 Å². The lowest BCUT2D eigenvalue weighted by Gasteiger charge is -2.54. The summed E-state index contributed by atoms with van der Waals surface area (Å²) in [6.45, 7) is 3.46. The molecule has 3 amide bonds. The Kier molecular flexibility index (Phi) is 4.89. The Labute approximate surface area is 211 Å². The van der Waals surface area contributed by atoms with E-state index in [1.807, 2.05) is 19.1 Å². The standard InChI is InChI=1S/C26H21Cl2FN4O2/c1-13-18(29)11-26(2)22-20(13)30-19(34)12-32(22)25(35)33-23(26)21(14-3-7-16(27)8-4-14)31-24(33)15-5-9-17(28)10-6-15/h3-11,13,21,23H,12H2,1-2H3,(H,30,34). The summed E-state index contributed by atoms with van der Waals surface area (Å²) in [5, 5.41) is 3.98. The van der Waals surface area contributed by atoms with E-state index in [9.17, 15) is 9.59 Å². The number of fused-ring (bicyclic) bond motifs is 2. The molecule has 0 bridgehead atoms. The fourth-order valence-corrected chi connectivity index (χ4v) is 5.97. The summed E-state index contributed by atoms with van der Waals surface area (Å²) < 4.78 is 15.4. The van der Waals surface area contributed by atoms with Crippen LogP contribution in [-0.2, 0) is 4.79 Å². The van der Waals surface area contributed by atoms with E-state index < -0.39 is 23.4 Å². The van der Waals surface area contributed by atoms with Crippen LogP contribution in [0.3, 0.4) is 0 Å². The first-order chi connectivity index (χ1) is 16.7. The van der Waals surface area contributed by atoms with Crippen molar-refractivity contribution in [1.29, 1.82) is 0 Å². The third kappa shape index (κ3) is 3.18. The number of allylic oxidation sites excluding steroid dienone is 1. The predicted octanol–water partition coefficient (Wildman–Crippen LogP) is 5.45. The Hall–Kier alpha value is -3.16. The Morgan fingerprint density at radius 2 is 1.69 bits per heavy atom. The lowest BCUT2D eigenvalue weighted by Crippen LogP contribution is -2.66. The summed E-state index contributed by atoms with van der Waals surface area (Å²) >= 11 is 12.3. The second kappa shape index (κ2) is 7.67. The number of carbonyl (C=O) groups is 2. The fourth-order valence-electron chi connectivity index (χ4n) is 5.72. The van der Waals surface area contributed by atoms with E-state index in [-0.39, 0.29) is 24.3 Å². The van der Waals surface area contributed by atoms with Gasteiger partial charge >= 0.3 is 6.03 Å². The van der Waals surface area contributed by atoms with E-state index in [0.29, 0.717) is 32.8 Å². The van der Waals surface area contributed by atoms with E-state index in [0.717, 1.165) is 5.56 Å². The third-order valence-corrected chi connectivity index (χ3v) is 7.83. The molecular formula is C26H21Cl2FN4O2. The number of nitrogens with one attached hydrogen (secondary N) is 1. The summed E-state index contributed by atoms with van der Waals surface area (Å²) in [6, 6.07) is 13.0. The van der Waals surface area contributed by atoms with Crippen LogP contribution in [0.1, 0.15) is 31.0 Å². The van der Waals surface area contributed by atoms with Gasteiger partial charge in [0.05, 0.1) is 23.2 Å². The second-order valence-electron chi connectivity index (χ2n) is 9.48. The first-order valence-electron chi connectivity index (χ1n) is 11.3. The zero-order valence-corrected chi connectivity index (χ0v) is 20.4. The molecule has 3 aliphatic heterocycles. The van der Waals surface area contributed by atoms with Crippen molar-refractivity contribution in [3.63, 3.8) is 0 Å². The third-order valence-electron chi connectivity index (χ3n) is 7.33. The average Bonchev–Trinajstić information content (AvgIpc) is 3.23. The molecular weight excluding hydrogens is 490 g/mol. The molecule has 6 rings (SSSR count). The van der Waals surface area contributed by atoms with Crippen molar-refractivity contribution in [2.45, 2.75) is 25.9 Å². The molecule has 0 saturated carbocycles. The van der Waals surface area contributed by atoms with Crippen molar-refractivity contribution in [2.24, 2.45) is 16.3 Å². The molecule has 0 radical (unpaired) electrons. The molecule has 4 unspecified atom stereocenters. The molecule has 35 heavy (non-hydrogen) atoms. The van der Waals surface area contributed by atoms with Crippen LogP contribution in [0, 0.1) is 11.3 Å². The number of rotatable bonds is 2. The molecule has 3 heterocycles. The van der Waals surface area contributed by atoms with Gasteiger partial charge in [0.1, 0.15) is 18.2 Å². The topological polar surface area (TPSA) is 65.0 Å². The van der Waals surface area contributed by atoms with Gasteiger partial charge in [-0.15, -0.1) is 0 Å². The number of hydrogen-bond donors (Lipinski definition) is 1. The van der Waals surface area contributed by atoms with Crippen molar-refractivity contribution in [3.8, 4) is 0 Å². The van der Waals surface area contributed by atoms with Gasteiger partial charge in [0.25, 0.3) is 0 Å². The maximum Gasteiger partial charge on any atom is 0.330 e. The highest BCUT2D eigenvalue weighted by Gasteiger charge is 2.61. The van der Waals surface area contributed by atoms with Crippen molar-refractivity contribution in [3.05, 3.63) is 93.0 Å². The Bertz CT molecular complexity index is 1370. The molecule has 2 aromatic carbocycles. The van der Waals surface area contributed by atoms with E-state index in [2.05, 4.69) is 5.32 Å². The van der Waals surface area contributed by atoms with Crippen LogP contribution < -0.4 is 5.32 Å². The zero-order chi connectivity index (χ0) is 24.6. The van der Waals surface area contributed by atoms with Crippen molar-refractivity contribution in [2.75, 3.05) is 6.54 Å². The summed E-state index contributed by atoms with van der Waals surface area (Å²) in [4.78, 5) is 34.7. The van der Waals surface area contributed by atoms with Gasteiger partial charge < -0.3 is 5.32 Å². The lowest BCUT2D eigenvalue weighted by atomic mass is 9.67. The monoisotopic (exact) mass is 510 g/mol. The van der Waals surface area contributed by atoms with E-state index in [1.165, 1.54) is 4.90 Å². The zero-order valence-electron chi connectivity index (χ0n) is 18.9. The number of nitrogens with zero attached hydrogens (tertiary/aromatic N) is 3. The minimum Gasteiger partial charge on any atom is -0.326 e. The Balaban J connectivity index is 1.60. The van der Waals surface area contributed by atoms with Gasteiger partial charge in [0.2, 0.25) is 5.91 Å². The molecule has 4 atom stereocenters. The number of halogens is 3. The summed E-state index contributed by atoms with van der Waals surface area (Å²) in [5.74, 6) is -0.900. The highest BCUT2D eigenvalue weighted by atomic mass is 35.5. The van der Waals surface area contributed by atoms with E-state index in [1.54, 1.807) is 54.3 Å². The van der Waals surface area contributed by atoms with Gasteiger partial charge in [-0.3, -0.25) is 19.6 Å². The summed E-state index contributed by atoms with van der Waals surface area (Å²) in [6.07, 6.45) is 1.59.